The lowest BCUT2D eigenvalue weighted by molar-refractivity contribution is -0.122. The van der Waals surface area contributed by atoms with Crippen LogP contribution in [0, 0.1) is 0 Å². The van der Waals surface area contributed by atoms with Crippen molar-refractivity contribution in [3.05, 3.63) is 34.9 Å². The second-order valence-corrected chi connectivity index (χ2v) is 5.59. The van der Waals surface area contributed by atoms with Gasteiger partial charge in [0.05, 0.1) is 6.04 Å². The second kappa shape index (κ2) is 6.71. The number of rotatable bonds is 6. The van der Waals surface area contributed by atoms with E-state index in [-0.39, 0.29) is 12.3 Å². The monoisotopic (exact) mass is 283 g/mol. The summed E-state index contributed by atoms with van der Waals surface area (Å²) in [5.74, 6) is 0.571. The zero-order valence-corrected chi connectivity index (χ0v) is 12.5. The molecule has 1 saturated carbocycles. The Bertz CT molecular complexity index is 403. The standard InChI is InChI=1S/C15H22ClNO2/c1-10(15(18-2)19-3)17-12-8-11(9-12)13-6-4-5-7-14(13)16/h4-7,10-12,15,17H,8-9H2,1-3H3. The minimum Gasteiger partial charge on any atom is -0.354 e. The molecule has 4 heteroatoms. The number of nitrogens with one attached hydrogen (secondary N) is 1. The Labute approximate surface area is 120 Å². The highest BCUT2D eigenvalue weighted by Gasteiger charge is 2.33. The summed E-state index contributed by atoms with van der Waals surface area (Å²) in [6.45, 7) is 2.08. The fourth-order valence-corrected chi connectivity index (χ4v) is 3.06. The molecule has 2 rings (SSSR count). The van der Waals surface area contributed by atoms with Gasteiger partial charge in [-0.2, -0.15) is 0 Å². The molecule has 1 N–H and O–H groups in total. The highest BCUT2D eigenvalue weighted by Crippen LogP contribution is 2.40. The van der Waals surface area contributed by atoms with E-state index in [1.807, 2.05) is 12.1 Å². The molecule has 1 fully saturated rings. The van der Waals surface area contributed by atoms with Gasteiger partial charge in [-0.25, -0.2) is 0 Å². The lowest BCUT2D eigenvalue weighted by Crippen LogP contribution is -2.49. The van der Waals surface area contributed by atoms with E-state index in [9.17, 15) is 0 Å². The van der Waals surface area contributed by atoms with Gasteiger partial charge >= 0.3 is 0 Å². The summed E-state index contributed by atoms with van der Waals surface area (Å²) in [6.07, 6.45) is 2.04. The van der Waals surface area contributed by atoms with E-state index in [0.717, 1.165) is 17.9 Å². The molecule has 0 spiro atoms. The third kappa shape index (κ3) is 3.48. The van der Waals surface area contributed by atoms with Crippen LogP contribution in [0.1, 0.15) is 31.2 Å². The molecule has 0 radical (unpaired) electrons. The van der Waals surface area contributed by atoms with E-state index in [2.05, 4.69) is 24.4 Å². The van der Waals surface area contributed by atoms with Crippen LogP contribution in [0.2, 0.25) is 5.02 Å². The number of benzene rings is 1. The lowest BCUT2D eigenvalue weighted by Gasteiger charge is -2.39. The Morgan fingerprint density at radius 1 is 1.21 bits per heavy atom. The zero-order chi connectivity index (χ0) is 13.8. The molecule has 1 aliphatic rings. The van der Waals surface area contributed by atoms with E-state index in [1.165, 1.54) is 5.56 Å². The molecule has 3 nitrogen and oxygen atoms in total. The van der Waals surface area contributed by atoms with Crippen molar-refractivity contribution >= 4 is 11.6 Å². The molecule has 0 heterocycles. The Hall–Kier alpha value is -0.610. The zero-order valence-electron chi connectivity index (χ0n) is 11.7. The Morgan fingerprint density at radius 3 is 2.42 bits per heavy atom. The van der Waals surface area contributed by atoms with Gasteiger partial charge in [0.25, 0.3) is 0 Å². The van der Waals surface area contributed by atoms with Crippen molar-refractivity contribution in [1.82, 2.24) is 5.32 Å². The largest absolute Gasteiger partial charge is 0.354 e. The number of hydrogen-bond acceptors (Lipinski definition) is 3. The molecule has 0 amide bonds. The summed E-state index contributed by atoms with van der Waals surface area (Å²) in [4.78, 5) is 0. The van der Waals surface area contributed by atoms with Crippen molar-refractivity contribution in [1.29, 1.82) is 0 Å². The average Bonchev–Trinajstić information content (AvgIpc) is 2.36. The van der Waals surface area contributed by atoms with Gasteiger partial charge in [-0.15, -0.1) is 0 Å². The molecular weight excluding hydrogens is 262 g/mol. The number of ether oxygens (including phenoxy) is 2. The summed E-state index contributed by atoms with van der Waals surface area (Å²) >= 11 is 6.22. The summed E-state index contributed by atoms with van der Waals surface area (Å²) in [6, 6.07) is 8.82. The van der Waals surface area contributed by atoms with Gasteiger partial charge in [0.15, 0.2) is 6.29 Å². The molecular formula is C15H22ClNO2. The summed E-state index contributed by atoms with van der Waals surface area (Å²) in [5, 5.41) is 4.42. The van der Waals surface area contributed by atoms with Crippen LogP contribution < -0.4 is 5.32 Å². The first-order valence-corrected chi connectivity index (χ1v) is 7.09. The third-order valence-corrected chi connectivity index (χ3v) is 4.20. The van der Waals surface area contributed by atoms with Crippen LogP contribution in [0.4, 0.5) is 0 Å². The number of hydrogen-bond donors (Lipinski definition) is 1. The summed E-state index contributed by atoms with van der Waals surface area (Å²) in [7, 11) is 3.33. The molecule has 1 unspecified atom stereocenters. The molecule has 0 bridgehead atoms. The minimum atomic E-state index is -0.195. The molecule has 1 aromatic rings. The molecule has 106 valence electrons. The molecule has 0 aromatic heterocycles. The van der Waals surface area contributed by atoms with E-state index < -0.39 is 0 Å². The van der Waals surface area contributed by atoms with Crippen LogP contribution in [0.25, 0.3) is 0 Å². The fraction of sp³-hybridized carbons (Fsp3) is 0.600. The van der Waals surface area contributed by atoms with E-state index >= 15 is 0 Å². The van der Waals surface area contributed by atoms with Gasteiger partial charge in [-0.05, 0) is 37.3 Å². The Morgan fingerprint density at radius 2 is 1.84 bits per heavy atom. The van der Waals surface area contributed by atoms with Crippen molar-refractivity contribution in [2.24, 2.45) is 0 Å². The maximum Gasteiger partial charge on any atom is 0.171 e. The summed E-state index contributed by atoms with van der Waals surface area (Å²) < 4.78 is 10.5. The van der Waals surface area contributed by atoms with Gasteiger partial charge in [0, 0.05) is 25.3 Å². The Kier molecular flexibility index (Phi) is 5.22. The molecule has 19 heavy (non-hydrogen) atoms. The van der Waals surface area contributed by atoms with E-state index in [0.29, 0.717) is 12.0 Å². The van der Waals surface area contributed by atoms with Gasteiger partial charge in [-0.3, -0.25) is 0 Å². The highest BCUT2D eigenvalue weighted by atomic mass is 35.5. The highest BCUT2D eigenvalue weighted by molar-refractivity contribution is 6.31. The van der Waals surface area contributed by atoms with Gasteiger partial charge < -0.3 is 14.8 Å². The lowest BCUT2D eigenvalue weighted by atomic mass is 9.75. The smallest absolute Gasteiger partial charge is 0.171 e. The molecule has 1 aliphatic carbocycles. The predicted molar refractivity (Wildman–Crippen MR) is 77.6 cm³/mol. The Balaban J connectivity index is 1.82. The minimum absolute atomic E-state index is 0.187. The first-order valence-electron chi connectivity index (χ1n) is 6.71. The third-order valence-electron chi connectivity index (χ3n) is 3.85. The second-order valence-electron chi connectivity index (χ2n) is 5.18. The van der Waals surface area contributed by atoms with E-state index in [1.54, 1.807) is 14.2 Å². The van der Waals surface area contributed by atoms with Gasteiger partial charge in [-0.1, -0.05) is 29.8 Å². The quantitative estimate of drug-likeness (QED) is 0.814. The van der Waals surface area contributed by atoms with Gasteiger partial charge in [0.2, 0.25) is 0 Å². The molecule has 1 atom stereocenters. The number of methoxy groups -OCH3 is 2. The SMILES string of the molecule is COC(OC)C(C)NC1CC(c2ccccc2Cl)C1. The van der Waals surface area contributed by atoms with Crippen molar-refractivity contribution in [2.45, 2.75) is 44.1 Å². The summed E-state index contributed by atoms with van der Waals surface area (Å²) in [5.41, 5.74) is 1.27. The van der Waals surface area contributed by atoms with Crippen LogP contribution in [0.15, 0.2) is 24.3 Å². The van der Waals surface area contributed by atoms with Crippen molar-refractivity contribution in [3.8, 4) is 0 Å². The molecule has 1 aromatic carbocycles. The van der Waals surface area contributed by atoms with Gasteiger partial charge in [0.1, 0.15) is 0 Å². The fourth-order valence-electron chi connectivity index (χ4n) is 2.77. The maximum absolute atomic E-state index is 6.22. The van der Waals surface area contributed by atoms with Crippen molar-refractivity contribution in [3.63, 3.8) is 0 Å². The molecule has 0 aliphatic heterocycles. The van der Waals surface area contributed by atoms with Crippen LogP contribution >= 0.6 is 11.6 Å². The van der Waals surface area contributed by atoms with Crippen molar-refractivity contribution in [2.75, 3.05) is 14.2 Å². The maximum atomic E-state index is 6.22. The normalized spacial score (nSPS) is 24.3. The van der Waals surface area contributed by atoms with E-state index in [4.69, 9.17) is 21.1 Å². The van der Waals surface area contributed by atoms with Crippen molar-refractivity contribution < 1.29 is 9.47 Å². The first-order chi connectivity index (χ1) is 9.15. The first kappa shape index (κ1) is 14.8. The molecule has 0 saturated heterocycles. The van der Waals surface area contributed by atoms with Crippen LogP contribution in [0.5, 0.6) is 0 Å². The predicted octanol–water partition coefficient (Wildman–Crippen LogP) is 3.18. The van der Waals surface area contributed by atoms with Crippen LogP contribution in [-0.4, -0.2) is 32.6 Å². The van der Waals surface area contributed by atoms with Crippen LogP contribution in [0.3, 0.4) is 0 Å². The number of halogens is 1. The van der Waals surface area contributed by atoms with Crippen LogP contribution in [-0.2, 0) is 9.47 Å². The average molecular weight is 284 g/mol. The topological polar surface area (TPSA) is 30.5 Å².